The van der Waals surface area contributed by atoms with Gasteiger partial charge in [0.2, 0.25) is 0 Å². The van der Waals surface area contributed by atoms with Crippen LogP contribution in [0.1, 0.15) is 32.8 Å². The number of nitrogens with one attached hydrogen (secondary N) is 1. The molecule has 0 amide bonds. The molecule has 3 heteroatoms. The van der Waals surface area contributed by atoms with Gasteiger partial charge in [0, 0.05) is 30.3 Å². The predicted molar refractivity (Wildman–Crippen MR) is 91.7 cm³/mol. The number of aromatic nitrogens is 1. The monoisotopic (exact) mass is 287 g/mol. The van der Waals surface area contributed by atoms with Gasteiger partial charge in [0.1, 0.15) is 0 Å². The van der Waals surface area contributed by atoms with Crippen molar-refractivity contribution in [2.75, 3.05) is 20.6 Å². The Morgan fingerprint density at radius 3 is 2.57 bits per heavy atom. The van der Waals surface area contributed by atoms with Crippen molar-refractivity contribution in [2.45, 2.75) is 45.8 Å². The normalized spacial score (nSPS) is 12.5. The summed E-state index contributed by atoms with van der Waals surface area (Å²) in [6, 6.07) is 9.00. The van der Waals surface area contributed by atoms with E-state index in [0.29, 0.717) is 0 Å². The zero-order valence-corrected chi connectivity index (χ0v) is 14.1. The smallest absolute Gasteiger partial charge is 0.0483 e. The maximum atomic E-state index is 3.56. The van der Waals surface area contributed by atoms with Gasteiger partial charge in [-0.2, -0.15) is 0 Å². The van der Waals surface area contributed by atoms with Crippen molar-refractivity contribution < 1.29 is 0 Å². The summed E-state index contributed by atoms with van der Waals surface area (Å²) in [5.74, 6) is 0. The van der Waals surface area contributed by atoms with Crippen molar-refractivity contribution in [3.8, 4) is 0 Å². The van der Waals surface area contributed by atoms with E-state index in [1.54, 1.807) is 0 Å². The van der Waals surface area contributed by atoms with Crippen LogP contribution in [0, 0.1) is 0 Å². The predicted octanol–water partition coefficient (Wildman–Crippen LogP) is 3.48. The van der Waals surface area contributed by atoms with Gasteiger partial charge in [0.15, 0.2) is 0 Å². The van der Waals surface area contributed by atoms with Gasteiger partial charge in [0.25, 0.3) is 0 Å². The van der Waals surface area contributed by atoms with Crippen molar-refractivity contribution in [3.05, 3.63) is 36.0 Å². The molecular formula is C18H29N3. The maximum Gasteiger partial charge on any atom is 0.0483 e. The van der Waals surface area contributed by atoms with Crippen LogP contribution >= 0.6 is 0 Å². The second-order valence-electron chi connectivity index (χ2n) is 7.16. The number of aryl methyl sites for hydroxylation is 1. The van der Waals surface area contributed by atoms with Crippen molar-refractivity contribution >= 4 is 10.9 Å². The lowest BCUT2D eigenvalue weighted by molar-refractivity contribution is 0.388. The molecule has 1 N–H and O–H groups in total. The van der Waals surface area contributed by atoms with Crippen LogP contribution in [0.25, 0.3) is 10.9 Å². The summed E-state index contributed by atoms with van der Waals surface area (Å²) in [5, 5.41) is 4.89. The first-order valence-corrected chi connectivity index (χ1v) is 7.83. The first-order chi connectivity index (χ1) is 9.85. The highest BCUT2D eigenvalue weighted by molar-refractivity contribution is 5.80. The first-order valence-electron chi connectivity index (χ1n) is 7.83. The second-order valence-corrected chi connectivity index (χ2v) is 7.16. The van der Waals surface area contributed by atoms with Crippen LogP contribution < -0.4 is 5.32 Å². The minimum Gasteiger partial charge on any atom is -0.347 e. The summed E-state index contributed by atoms with van der Waals surface area (Å²) in [4.78, 5) is 2.24. The highest BCUT2D eigenvalue weighted by Gasteiger charge is 2.09. The van der Waals surface area contributed by atoms with Gasteiger partial charge >= 0.3 is 0 Å². The average molecular weight is 287 g/mol. The molecule has 3 nitrogen and oxygen atoms in total. The topological polar surface area (TPSA) is 20.2 Å². The van der Waals surface area contributed by atoms with Crippen molar-refractivity contribution in [2.24, 2.45) is 0 Å². The van der Waals surface area contributed by atoms with E-state index >= 15 is 0 Å². The maximum absolute atomic E-state index is 3.56. The van der Waals surface area contributed by atoms with E-state index in [1.807, 2.05) is 0 Å². The fraction of sp³-hybridized carbons (Fsp3) is 0.556. The molecule has 0 saturated heterocycles. The third-order valence-corrected chi connectivity index (χ3v) is 3.67. The van der Waals surface area contributed by atoms with Gasteiger partial charge in [-0.05, 0) is 70.9 Å². The molecule has 0 aliphatic rings. The van der Waals surface area contributed by atoms with Crippen molar-refractivity contribution in [1.29, 1.82) is 0 Å². The van der Waals surface area contributed by atoms with Crippen LogP contribution in [0.5, 0.6) is 0 Å². The van der Waals surface area contributed by atoms with Gasteiger partial charge in [0.05, 0.1) is 0 Å². The largest absolute Gasteiger partial charge is 0.347 e. The van der Waals surface area contributed by atoms with Crippen LogP contribution in [-0.4, -0.2) is 35.6 Å². The highest BCUT2D eigenvalue weighted by Crippen LogP contribution is 2.18. The molecule has 0 spiro atoms. The van der Waals surface area contributed by atoms with Gasteiger partial charge in [-0.1, -0.05) is 12.1 Å². The molecular weight excluding hydrogens is 258 g/mol. The molecule has 1 heterocycles. The van der Waals surface area contributed by atoms with E-state index < -0.39 is 0 Å². The Morgan fingerprint density at radius 1 is 1.14 bits per heavy atom. The van der Waals surface area contributed by atoms with E-state index in [-0.39, 0.29) is 5.54 Å². The zero-order chi connectivity index (χ0) is 15.5. The number of rotatable bonds is 6. The first kappa shape index (κ1) is 16.1. The molecule has 0 atom stereocenters. The van der Waals surface area contributed by atoms with Gasteiger partial charge in [-0.3, -0.25) is 0 Å². The minimum absolute atomic E-state index is 0.155. The molecule has 0 radical (unpaired) electrons. The quantitative estimate of drug-likeness (QED) is 0.878. The van der Waals surface area contributed by atoms with Crippen LogP contribution in [-0.2, 0) is 13.1 Å². The molecule has 0 aliphatic carbocycles. The highest BCUT2D eigenvalue weighted by atomic mass is 15.1. The SMILES string of the molecule is CN(C)CCCn1ccc2ccc(CNC(C)(C)C)cc21. The number of fused-ring (bicyclic) bond motifs is 1. The molecule has 0 bridgehead atoms. The number of hydrogen-bond acceptors (Lipinski definition) is 2. The van der Waals surface area contributed by atoms with Crippen LogP contribution in [0.3, 0.4) is 0 Å². The molecule has 1 aromatic carbocycles. The van der Waals surface area contributed by atoms with E-state index in [4.69, 9.17) is 0 Å². The molecule has 0 fully saturated rings. The van der Waals surface area contributed by atoms with Crippen molar-refractivity contribution in [1.82, 2.24) is 14.8 Å². The summed E-state index contributed by atoms with van der Waals surface area (Å²) >= 11 is 0. The molecule has 2 aromatic rings. The van der Waals surface area contributed by atoms with Crippen LogP contribution in [0.15, 0.2) is 30.5 Å². The van der Waals surface area contributed by atoms with Crippen molar-refractivity contribution in [3.63, 3.8) is 0 Å². The van der Waals surface area contributed by atoms with Gasteiger partial charge < -0.3 is 14.8 Å². The second kappa shape index (κ2) is 6.63. The molecule has 0 saturated carbocycles. The number of nitrogens with zero attached hydrogens (tertiary/aromatic N) is 2. The average Bonchev–Trinajstić information content (AvgIpc) is 2.78. The lowest BCUT2D eigenvalue weighted by Crippen LogP contribution is -2.35. The Hall–Kier alpha value is -1.32. The van der Waals surface area contributed by atoms with Gasteiger partial charge in [-0.25, -0.2) is 0 Å². The number of hydrogen-bond donors (Lipinski definition) is 1. The third kappa shape index (κ3) is 4.87. The standard InChI is InChI=1S/C18H29N3/c1-18(2,3)19-14-15-7-8-16-9-12-21(17(16)13-15)11-6-10-20(4)5/h7-9,12-13,19H,6,10-11,14H2,1-5H3. The van der Waals surface area contributed by atoms with Gasteiger partial charge in [-0.15, -0.1) is 0 Å². The Bertz CT molecular complexity index is 576. The van der Waals surface area contributed by atoms with E-state index in [9.17, 15) is 0 Å². The summed E-state index contributed by atoms with van der Waals surface area (Å²) in [7, 11) is 4.26. The summed E-state index contributed by atoms with van der Waals surface area (Å²) in [6.07, 6.45) is 3.39. The lowest BCUT2D eigenvalue weighted by Gasteiger charge is -2.20. The fourth-order valence-electron chi connectivity index (χ4n) is 2.46. The lowest BCUT2D eigenvalue weighted by atomic mass is 10.1. The van der Waals surface area contributed by atoms with Crippen LogP contribution in [0.4, 0.5) is 0 Å². The Kier molecular flexibility index (Phi) is 5.07. The van der Waals surface area contributed by atoms with E-state index in [1.165, 1.54) is 22.9 Å². The van der Waals surface area contributed by atoms with Crippen LogP contribution in [0.2, 0.25) is 0 Å². The summed E-state index contributed by atoms with van der Waals surface area (Å²) < 4.78 is 2.37. The zero-order valence-electron chi connectivity index (χ0n) is 14.1. The van der Waals surface area contributed by atoms with E-state index in [2.05, 4.69) is 80.1 Å². The minimum atomic E-state index is 0.155. The Balaban J connectivity index is 2.09. The number of benzene rings is 1. The molecule has 21 heavy (non-hydrogen) atoms. The summed E-state index contributed by atoms with van der Waals surface area (Å²) in [6.45, 7) is 9.74. The summed E-state index contributed by atoms with van der Waals surface area (Å²) in [5.41, 5.74) is 2.86. The fourth-order valence-corrected chi connectivity index (χ4v) is 2.46. The molecule has 0 aliphatic heterocycles. The molecule has 0 unspecified atom stereocenters. The molecule has 1 aromatic heterocycles. The molecule has 2 rings (SSSR count). The molecule has 116 valence electrons. The Morgan fingerprint density at radius 2 is 1.90 bits per heavy atom. The van der Waals surface area contributed by atoms with E-state index in [0.717, 1.165) is 19.6 Å². The Labute approximate surface area is 128 Å². The third-order valence-electron chi connectivity index (χ3n) is 3.67.